The van der Waals surface area contributed by atoms with Gasteiger partial charge in [-0.1, -0.05) is 0 Å². The Morgan fingerprint density at radius 3 is 2.71 bits per heavy atom. The maximum atomic E-state index is 12.2. The van der Waals surface area contributed by atoms with Crippen LogP contribution in [0, 0.1) is 18.3 Å². The zero-order valence-corrected chi connectivity index (χ0v) is 12.4. The highest BCUT2D eigenvalue weighted by Gasteiger charge is 2.28. The van der Waals surface area contributed by atoms with E-state index in [-0.39, 0.29) is 17.0 Å². The standard InChI is InChI=1S/C14H12F3N5O2/c1-8-4-12(22-21-8)20-13(23)19-10-2-3-11(9(5-10)6-18)24-7-14(15,16)17/h2-5H,7H2,1H3,(H3,19,20,21,22,23). The number of urea groups is 1. The third-order valence-electron chi connectivity index (χ3n) is 2.70. The minimum absolute atomic E-state index is 0.132. The topological polar surface area (TPSA) is 103 Å². The van der Waals surface area contributed by atoms with E-state index in [9.17, 15) is 18.0 Å². The monoisotopic (exact) mass is 339 g/mol. The van der Waals surface area contributed by atoms with Crippen LogP contribution >= 0.6 is 0 Å². The second-order valence-electron chi connectivity index (χ2n) is 4.74. The number of nitriles is 1. The van der Waals surface area contributed by atoms with Gasteiger partial charge in [0.2, 0.25) is 0 Å². The van der Waals surface area contributed by atoms with Crippen LogP contribution in [0.2, 0.25) is 0 Å². The molecule has 1 aromatic heterocycles. The van der Waals surface area contributed by atoms with Crippen molar-refractivity contribution in [1.29, 1.82) is 5.26 Å². The van der Waals surface area contributed by atoms with Crippen molar-refractivity contribution in [1.82, 2.24) is 10.2 Å². The SMILES string of the molecule is Cc1cc(NC(=O)Nc2ccc(OCC(F)(F)F)c(C#N)c2)n[nH]1. The van der Waals surface area contributed by atoms with E-state index in [1.54, 1.807) is 19.1 Å². The van der Waals surface area contributed by atoms with Crippen LogP contribution in [0.4, 0.5) is 29.5 Å². The summed E-state index contributed by atoms with van der Waals surface area (Å²) in [5.74, 6) is 0.0827. The molecule has 0 aliphatic carbocycles. The molecule has 0 fully saturated rings. The molecule has 0 radical (unpaired) electrons. The first-order valence-corrected chi connectivity index (χ1v) is 6.60. The number of aromatic nitrogens is 2. The number of nitrogens with zero attached hydrogens (tertiary/aromatic N) is 2. The molecule has 0 atom stereocenters. The number of aryl methyl sites for hydroxylation is 1. The van der Waals surface area contributed by atoms with E-state index in [4.69, 9.17) is 5.26 Å². The van der Waals surface area contributed by atoms with E-state index < -0.39 is 18.8 Å². The molecule has 10 heteroatoms. The van der Waals surface area contributed by atoms with E-state index in [2.05, 4.69) is 25.6 Å². The number of aromatic amines is 1. The van der Waals surface area contributed by atoms with E-state index in [1.165, 1.54) is 18.2 Å². The maximum absolute atomic E-state index is 12.2. The number of H-pyrrole nitrogens is 1. The van der Waals surface area contributed by atoms with E-state index in [0.29, 0.717) is 5.82 Å². The number of amides is 2. The van der Waals surface area contributed by atoms with Gasteiger partial charge < -0.3 is 10.1 Å². The molecule has 2 amide bonds. The van der Waals surface area contributed by atoms with Gasteiger partial charge in [-0.15, -0.1) is 0 Å². The molecule has 0 saturated heterocycles. The summed E-state index contributed by atoms with van der Waals surface area (Å²) < 4.78 is 41.0. The van der Waals surface area contributed by atoms with Crippen LogP contribution in [0.25, 0.3) is 0 Å². The van der Waals surface area contributed by atoms with E-state index in [1.807, 2.05) is 0 Å². The molecule has 2 aromatic rings. The van der Waals surface area contributed by atoms with Crippen LogP contribution in [0.3, 0.4) is 0 Å². The minimum Gasteiger partial charge on any atom is -0.483 e. The number of carbonyl (C=O) groups excluding carboxylic acids is 1. The van der Waals surface area contributed by atoms with Crippen molar-refractivity contribution < 1.29 is 22.7 Å². The first-order chi connectivity index (χ1) is 11.3. The first-order valence-electron chi connectivity index (χ1n) is 6.60. The predicted molar refractivity (Wildman–Crippen MR) is 78.7 cm³/mol. The van der Waals surface area contributed by atoms with Gasteiger partial charge in [0.05, 0.1) is 5.56 Å². The Morgan fingerprint density at radius 1 is 1.38 bits per heavy atom. The number of rotatable bonds is 4. The van der Waals surface area contributed by atoms with Gasteiger partial charge in [-0.25, -0.2) is 4.79 Å². The van der Waals surface area contributed by atoms with Crippen molar-refractivity contribution in [3.05, 3.63) is 35.5 Å². The number of carbonyl (C=O) groups is 1. The Bertz CT molecular complexity index is 779. The quantitative estimate of drug-likeness (QED) is 0.796. The highest BCUT2D eigenvalue weighted by atomic mass is 19.4. The molecule has 0 unspecified atom stereocenters. The highest BCUT2D eigenvalue weighted by Crippen LogP contribution is 2.25. The number of nitrogens with one attached hydrogen (secondary N) is 3. The molecular weight excluding hydrogens is 327 g/mol. The lowest BCUT2D eigenvalue weighted by Crippen LogP contribution is -2.20. The maximum Gasteiger partial charge on any atom is 0.422 e. The summed E-state index contributed by atoms with van der Waals surface area (Å²) in [6.45, 7) is 0.252. The Balaban J connectivity index is 2.03. The number of benzene rings is 1. The molecule has 0 saturated carbocycles. The van der Waals surface area contributed by atoms with Crippen LogP contribution in [0.5, 0.6) is 5.75 Å². The zero-order valence-electron chi connectivity index (χ0n) is 12.4. The number of alkyl halides is 3. The molecule has 0 aliphatic heterocycles. The third-order valence-corrected chi connectivity index (χ3v) is 2.70. The second-order valence-corrected chi connectivity index (χ2v) is 4.74. The fourth-order valence-corrected chi connectivity index (χ4v) is 1.74. The molecular formula is C14H12F3N5O2. The summed E-state index contributed by atoms with van der Waals surface area (Å²) in [7, 11) is 0. The lowest BCUT2D eigenvalue weighted by atomic mass is 10.2. The van der Waals surface area contributed by atoms with Crippen molar-refractivity contribution in [3.8, 4) is 11.8 Å². The summed E-state index contributed by atoms with van der Waals surface area (Å²) in [5.41, 5.74) is 0.839. The summed E-state index contributed by atoms with van der Waals surface area (Å²) in [4.78, 5) is 11.8. The van der Waals surface area contributed by atoms with Crippen molar-refractivity contribution >= 4 is 17.5 Å². The molecule has 126 valence electrons. The van der Waals surface area contributed by atoms with E-state index >= 15 is 0 Å². The number of hydrogen-bond donors (Lipinski definition) is 3. The molecule has 24 heavy (non-hydrogen) atoms. The predicted octanol–water partition coefficient (Wildman–Crippen LogP) is 3.17. The summed E-state index contributed by atoms with van der Waals surface area (Å²) in [6.07, 6.45) is -4.51. The summed E-state index contributed by atoms with van der Waals surface area (Å²) in [5, 5.41) is 20.3. The zero-order chi connectivity index (χ0) is 17.7. The number of hydrogen-bond acceptors (Lipinski definition) is 4. The Labute approximate surface area is 134 Å². The Kier molecular flexibility index (Phi) is 4.93. The van der Waals surface area contributed by atoms with Crippen molar-refractivity contribution in [2.45, 2.75) is 13.1 Å². The molecule has 3 N–H and O–H groups in total. The molecule has 0 bridgehead atoms. The number of halogens is 3. The largest absolute Gasteiger partial charge is 0.483 e. The fraction of sp³-hybridized carbons (Fsp3) is 0.214. The first kappa shape index (κ1) is 17.1. The van der Waals surface area contributed by atoms with Gasteiger partial charge in [-0.2, -0.15) is 23.5 Å². The normalized spacial score (nSPS) is 10.8. The van der Waals surface area contributed by atoms with E-state index in [0.717, 1.165) is 5.69 Å². The van der Waals surface area contributed by atoms with Gasteiger partial charge >= 0.3 is 12.2 Å². The molecule has 1 aromatic carbocycles. The van der Waals surface area contributed by atoms with Gasteiger partial charge in [-0.05, 0) is 25.1 Å². The van der Waals surface area contributed by atoms with Gasteiger partial charge in [-0.3, -0.25) is 10.4 Å². The van der Waals surface area contributed by atoms with Crippen molar-refractivity contribution in [2.75, 3.05) is 17.2 Å². The lowest BCUT2D eigenvalue weighted by Gasteiger charge is -2.12. The fourth-order valence-electron chi connectivity index (χ4n) is 1.74. The van der Waals surface area contributed by atoms with Gasteiger partial charge in [0.15, 0.2) is 12.4 Å². The van der Waals surface area contributed by atoms with Gasteiger partial charge in [0, 0.05) is 17.4 Å². The average molecular weight is 339 g/mol. The molecule has 1 heterocycles. The number of ether oxygens (including phenoxy) is 1. The molecule has 0 spiro atoms. The highest BCUT2D eigenvalue weighted by molar-refractivity contribution is 5.99. The second kappa shape index (κ2) is 6.91. The van der Waals surface area contributed by atoms with Crippen LogP contribution in [0.1, 0.15) is 11.3 Å². The summed E-state index contributed by atoms with van der Waals surface area (Å²) in [6, 6.07) is 6.42. The van der Waals surface area contributed by atoms with Crippen LogP contribution in [-0.4, -0.2) is 29.0 Å². The molecule has 0 aliphatic rings. The minimum atomic E-state index is -4.51. The van der Waals surface area contributed by atoms with Gasteiger partial charge in [0.25, 0.3) is 0 Å². The average Bonchev–Trinajstić information content (AvgIpc) is 2.89. The van der Waals surface area contributed by atoms with Crippen LogP contribution < -0.4 is 15.4 Å². The third kappa shape index (κ3) is 4.91. The summed E-state index contributed by atoms with van der Waals surface area (Å²) >= 11 is 0. The van der Waals surface area contributed by atoms with Crippen LogP contribution in [0.15, 0.2) is 24.3 Å². The Morgan fingerprint density at radius 2 is 2.12 bits per heavy atom. The molecule has 2 rings (SSSR count). The van der Waals surface area contributed by atoms with Crippen molar-refractivity contribution in [2.24, 2.45) is 0 Å². The number of anilines is 2. The van der Waals surface area contributed by atoms with Gasteiger partial charge in [0.1, 0.15) is 11.8 Å². The molecule has 7 nitrogen and oxygen atoms in total. The smallest absolute Gasteiger partial charge is 0.422 e. The van der Waals surface area contributed by atoms with Crippen LogP contribution in [-0.2, 0) is 0 Å². The Hall–Kier alpha value is -3.22. The lowest BCUT2D eigenvalue weighted by molar-refractivity contribution is -0.153. The van der Waals surface area contributed by atoms with Crippen molar-refractivity contribution in [3.63, 3.8) is 0 Å².